The summed E-state index contributed by atoms with van der Waals surface area (Å²) in [6.07, 6.45) is 0. The summed E-state index contributed by atoms with van der Waals surface area (Å²) in [5, 5.41) is -0.211. The van der Waals surface area contributed by atoms with Crippen molar-refractivity contribution in [1.29, 1.82) is 0 Å². The number of carbonyl (C=O) groups is 1. The van der Waals surface area contributed by atoms with Gasteiger partial charge in [-0.1, -0.05) is 42.5 Å². The summed E-state index contributed by atoms with van der Waals surface area (Å²) in [4.78, 5) is 11.5. The summed E-state index contributed by atoms with van der Waals surface area (Å²) in [5.41, 5.74) is 2.54. The molecule has 0 heterocycles. The quantitative estimate of drug-likeness (QED) is 0.617. The highest BCUT2D eigenvalue weighted by Crippen LogP contribution is 2.28. The highest BCUT2D eigenvalue weighted by atomic mass is 35.5. The molecular weight excluding hydrogens is 260 g/mol. The Hall–Kier alpha value is -1.80. The Balaban J connectivity index is 2.16. The zero-order valence-corrected chi connectivity index (χ0v) is 11.4. The Bertz CT molecular complexity index is 534. The molecule has 0 saturated carbocycles. The van der Waals surface area contributed by atoms with Crippen LogP contribution >= 0.6 is 11.6 Å². The van der Waals surface area contributed by atoms with Gasteiger partial charge in [-0.05, 0) is 30.2 Å². The zero-order chi connectivity index (χ0) is 13.7. The van der Waals surface area contributed by atoms with Crippen molar-refractivity contribution in [3.05, 3.63) is 71.3 Å². The Morgan fingerprint density at radius 2 is 1.63 bits per heavy atom. The van der Waals surface area contributed by atoms with E-state index >= 15 is 0 Å². The standard InChI is InChI=1S/C16H15ClO2/c1-2-19-16(18)14-10-8-13(9-11-14)15(17)12-6-4-3-5-7-12/h3-11,15H,2H2,1H3. The van der Waals surface area contributed by atoms with Crippen molar-refractivity contribution in [3.8, 4) is 0 Å². The van der Waals surface area contributed by atoms with E-state index in [1.807, 2.05) is 42.5 Å². The zero-order valence-electron chi connectivity index (χ0n) is 10.7. The van der Waals surface area contributed by atoms with Crippen molar-refractivity contribution in [1.82, 2.24) is 0 Å². The number of hydrogen-bond acceptors (Lipinski definition) is 2. The maximum atomic E-state index is 11.5. The molecule has 0 spiro atoms. The van der Waals surface area contributed by atoms with Crippen molar-refractivity contribution >= 4 is 17.6 Å². The first kappa shape index (κ1) is 13.6. The van der Waals surface area contributed by atoms with Crippen molar-refractivity contribution < 1.29 is 9.53 Å². The minimum atomic E-state index is -0.306. The normalized spacial score (nSPS) is 11.9. The van der Waals surface area contributed by atoms with Gasteiger partial charge in [-0.15, -0.1) is 11.6 Å². The maximum Gasteiger partial charge on any atom is 0.338 e. The first-order chi connectivity index (χ1) is 9.22. The van der Waals surface area contributed by atoms with Gasteiger partial charge in [0.1, 0.15) is 0 Å². The minimum absolute atomic E-state index is 0.211. The van der Waals surface area contributed by atoms with Gasteiger partial charge in [0, 0.05) is 0 Å². The Labute approximate surface area is 118 Å². The fourth-order valence-electron chi connectivity index (χ4n) is 1.82. The smallest absolute Gasteiger partial charge is 0.338 e. The summed E-state index contributed by atoms with van der Waals surface area (Å²) in [6.45, 7) is 2.17. The van der Waals surface area contributed by atoms with Crippen LogP contribution in [0.2, 0.25) is 0 Å². The van der Waals surface area contributed by atoms with Crippen LogP contribution in [0, 0.1) is 0 Å². The van der Waals surface area contributed by atoms with Gasteiger partial charge >= 0.3 is 5.97 Å². The van der Waals surface area contributed by atoms with Crippen molar-refractivity contribution in [3.63, 3.8) is 0 Å². The molecule has 2 nitrogen and oxygen atoms in total. The monoisotopic (exact) mass is 274 g/mol. The summed E-state index contributed by atoms with van der Waals surface area (Å²) < 4.78 is 4.94. The second-order valence-electron chi connectivity index (χ2n) is 4.12. The van der Waals surface area contributed by atoms with Crippen LogP contribution in [-0.4, -0.2) is 12.6 Å². The highest BCUT2D eigenvalue weighted by molar-refractivity contribution is 6.22. The number of esters is 1. The van der Waals surface area contributed by atoms with Crippen molar-refractivity contribution in [2.24, 2.45) is 0 Å². The Morgan fingerprint density at radius 1 is 1.05 bits per heavy atom. The molecule has 0 aromatic heterocycles. The van der Waals surface area contributed by atoms with E-state index in [1.54, 1.807) is 19.1 Å². The molecule has 19 heavy (non-hydrogen) atoms. The van der Waals surface area contributed by atoms with E-state index in [0.29, 0.717) is 12.2 Å². The molecule has 0 aliphatic heterocycles. The Morgan fingerprint density at radius 3 is 2.21 bits per heavy atom. The number of benzene rings is 2. The van der Waals surface area contributed by atoms with Crippen LogP contribution in [0.15, 0.2) is 54.6 Å². The molecular formula is C16H15ClO2. The SMILES string of the molecule is CCOC(=O)c1ccc(C(Cl)c2ccccc2)cc1. The van der Waals surface area contributed by atoms with Gasteiger partial charge in [0.2, 0.25) is 0 Å². The summed E-state index contributed by atoms with van der Waals surface area (Å²) in [6, 6.07) is 17.0. The molecule has 0 saturated heterocycles. The molecule has 2 aromatic rings. The molecule has 1 unspecified atom stereocenters. The number of alkyl halides is 1. The number of hydrogen-bond donors (Lipinski definition) is 0. The van der Waals surface area contributed by atoms with Gasteiger partial charge in [-0.25, -0.2) is 4.79 Å². The van der Waals surface area contributed by atoms with E-state index in [2.05, 4.69) is 0 Å². The van der Waals surface area contributed by atoms with Gasteiger partial charge in [0.15, 0.2) is 0 Å². The van der Waals surface area contributed by atoms with Gasteiger partial charge in [0.25, 0.3) is 0 Å². The van der Waals surface area contributed by atoms with Gasteiger partial charge in [0.05, 0.1) is 17.5 Å². The number of halogens is 1. The summed E-state index contributed by atoms with van der Waals surface area (Å²) >= 11 is 6.41. The van der Waals surface area contributed by atoms with Crippen LogP contribution in [-0.2, 0) is 4.74 Å². The molecule has 2 aromatic carbocycles. The van der Waals surface area contributed by atoms with E-state index in [0.717, 1.165) is 11.1 Å². The minimum Gasteiger partial charge on any atom is -0.462 e. The first-order valence-corrected chi connectivity index (χ1v) is 6.62. The second-order valence-corrected chi connectivity index (χ2v) is 4.55. The van der Waals surface area contributed by atoms with E-state index in [1.165, 1.54) is 0 Å². The van der Waals surface area contributed by atoms with Crippen LogP contribution in [0.4, 0.5) is 0 Å². The maximum absolute atomic E-state index is 11.5. The molecule has 0 aliphatic rings. The third kappa shape index (κ3) is 3.36. The molecule has 0 amide bonds. The summed E-state index contributed by atoms with van der Waals surface area (Å²) in [5.74, 6) is -0.306. The average molecular weight is 275 g/mol. The van der Waals surface area contributed by atoms with Crippen molar-refractivity contribution in [2.45, 2.75) is 12.3 Å². The van der Waals surface area contributed by atoms with E-state index in [9.17, 15) is 4.79 Å². The fourth-order valence-corrected chi connectivity index (χ4v) is 2.11. The lowest BCUT2D eigenvalue weighted by Crippen LogP contribution is -2.04. The molecule has 0 bridgehead atoms. The molecule has 0 N–H and O–H groups in total. The van der Waals surface area contributed by atoms with Gasteiger partial charge in [-0.2, -0.15) is 0 Å². The van der Waals surface area contributed by atoms with Crippen LogP contribution in [0.3, 0.4) is 0 Å². The second kappa shape index (κ2) is 6.39. The van der Waals surface area contributed by atoms with E-state index < -0.39 is 0 Å². The third-order valence-corrected chi connectivity index (χ3v) is 3.31. The lowest BCUT2D eigenvalue weighted by molar-refractivity contribution is 0.0526. The number of carbonyl (C=O) groups excluding carboxylic acids is 1. The number of rotatable bonds is 4. The highest BCUT2D eigenvalue weighted by Gasteiger charge is 2.12. The first-order valence-electron chi connectivity index (χ1n) is 6.18. The lowest BCUT2D eigenvalue weighted by Gasteiger charge is -2.10. The average Bonchev–Trinajstić information content (AvgIpc) is 2.48. The molecule has 0 fully saturated rings. The van der Waals surface area contributed by atoms with E-state index in [-0.39, 0.29) is 11.3 Å². The molecule has 98 valence electrons. The molecule has 0 aliphatic carbocycles. The Kier molecular flexibility index (Phi) is 4.58. The largest absolute Gasteiger partial charge is 0.462 e. The van der Waals surface area contributed by atoms with Crippen LogP contribution in [0.25, 0.3) is 0 Å². The van der Waals surface area contributed by atoms with Crippen LogP contribution in [0.5, 0.6) is 0 Å². The lowest BCUT2D eigenvalue weighted by atomic mass is 10.0. The molecule has 3 heteroatoms. The molecule has 1 atom stereocenters. The molecule has 0 radical (unpaired) electrons. The topological polar surface area (TPSA) is 26.3 Å². The predicted molar refractivity (Wildman–Crippen MR) is 76.5 cm³/mol. The van der Waals surface area contributed by atoms with Crippen LogP contribution < -0.4 is 0 Å². The summed E-state index contributed by atoms with van der Waals surface area (Å²) in [7, 11) is 0. The fraction of sp³-hybridized carbons (Fsp3) is 0.188. The van der Waals surface area contributed by atoms with Gasteiger partial charge in [-0.3, -0.25) is 0 Å². The van der Waals surface area contributed by atoms with E-state index in [4.69, 9.17) is 16.3 Å². The molecule has 2 rings (SSSR count). The predicted octanol–water partition coefficient (Wildman–Crippen LogP) is 4.19. The third-order valence-electron chi connectivity index (χ3n) is 2.81. The van der Waals surface area contributed by atoms with Gasteiger partial charge < -0.3 is 4.74 Å². The van der Waals surface area contributed by atoms with Crippen molar-refractivity contribution in [2.75, 3.05) is 6.61 Å². The number of ether oxygens (including phenoxy) is 1. The van der Waals surface area contributed by atoms with Crippen LogP contribution in [0.1, 0.15) is 33.8 Å².